The van der Waals surface area contributed by atoms with Crippen molar-refractivity contribution in [1.29, 1.82) is 0 Å². The Morgan fingerprint density at radius 3 is 2.62 bits per heavy atom. The fourth-order valence-corrected chi connectivity index (χ4v) is 3.16. The molecule has 0 aliphatic carbocycles. The summed E-state index contributed by atoms with van der Waals surface area (Å²) in [6, 6.07) is 15.4. The Morgan fingerprint density at radius 2 is 1.88 bits per heavy atom. The Balaban J connectivity index is 1.74. The Morgan fingerprint density at radius 1 is 1.12 bits per heavy atom. The summed E-state index contributed by atoms with van der Waals surface area (Å²) in [4.78, 5) is 20.9. The summed E-state index contributed by atoms with van der Waals surface area (Å²) in [5.74, 6) is 0.571. The molecule has 0 saturated carbocycles. The van der Waals surface area contributed by atoms with Gasteiger partial charge in [-0.05, 0) is 42.7 Å². The highest BCUT2D eigenvalue weighted by Crippen LogP contribution is 2.23. The lowest BCUT2D eigenvalue weighted by Gasteiger charge is -2.08. The molecule has 2 aromatic carbocycles. The van der Waals surface area contributed by atoms with Crippen LogP contribution in [0.1, 0.15) is 27.2 Å². The van der Waals surface area contributed by atoms with Gasteiger partial charge in [-0.3, -0.25) is 0 Å². The molecule has 0 aliphatic heterocycles. The molecule has 3 aromatic rings. The number of carbonyl (C=O) groups excluding carboxylic acids is 1. The van der Waals surface area contributed by atoms with Crippen molar-refractivity contribution in [2.24, 2.45) is 0 Å². The van der Waals surface area contributed by atoms with Crippen molar-refractivity contribution in [2.45, 2.75) is 24.8 Å². The molecule has 0 saturated heterocycles. The summed E-state index contributed by atoms with van der Waals surface area (Å²) >= 11 is 7.53. The van der Waals surface area contributed by atoms with Crippen LogP contribution in [0.2, 0.25) is 5.02 Å². The lowest BCUT2D eigenvalue weighted by atomic mass is 10.1. The molecule has 6 heteroatoms. The van der Waals surface area contributed by atoms with E-state index in [1.165, 1.54) is 18.0 Å². The molecule has 0 bridgehead atoms. The van der Waals surface area contributed by atoms with Crippen LogP contribution in [0.4, 0.5) is 0 Å². The first-order valence-corrected chi connectivity index (χ1v) is 9.38. The Labute approximate surface area is 161 Å². The fourth-order valence-electron chi connectivity index (χ4n) is 2.22. The number of halogens is 1. The quantitative estimate of drug-likeness (QED) is 0.260. The van der Waals surface area contributed by atoms with Gasteiger partial charge in [-0.1, -0.05) is 59.8 Å². The molecule has 0 amide bonds. The standard InChI is InChI=1S/C20H17ClN2O2S/c1-13-8-9-16(10-14(13)2)25-19(24)18-17(21)11-22-20(23-18)26-12-15-6-4-3-5-7-15/h3-11H,12H2,1-2H3. The van der Waals surface area contributed by atoms with Crippen molar-refractivity contribution >= 4 is 29.3 Å². The van der Waals surface area contributed by atoms with Crippen LogP contribution in [0.25, 0.3) is 0 Å². The second-order valence-corrected chi connectivity index (χ2v) is 7.11. The van der Waals surface area contributed by atoms with E-state index in [0.29, 0.717) is 16.7 Å². The zero-order valence-corrected chi connectivity index (χ0v) is 16.0. The molecule has 4 nitrogen and oxygen atoms in total. The van der Waals surface area contributed by atoms with Crippen LogP contribution in [0.5, 0.6) is 5.75 Å². The number of hydrogen-bond acceptors (Lipinski definition) is 5. The zero-order valence-electron chi connectivity index (χ0n) is 14.4. The van der Waals surface area contributed by atoms with Crippen LogP contribution in [-0.4, -0.2) is 15.9 Å². The van der Waals surface area contributed by atoms with E-state index in [0.717, 1.165) is 16.7 Å². The summed E-state index contributed by atoms with van der Waals surface area (Å²) in [6.45, 7) is 3.96. The predicted octanol–water partition coefficient (Wildman–Crippen LogP) is 5.26. The lowest BCUT2D eigenvalue weighted by molar-refractivity contribution is 0.0727. The van der Waals surface area contributed by atoms with E-state index >= 15 is 0 Å². The zero-order chi connectivity index (χ0) is 18.5. The highest BCUT2D eigenvalue weighted by atomic mass is 35.5. The molecule has 0 fully saturated rings. The third-order valence-corrected chi connectivity index (χ3v) is 5.02. The first-order chi connectivity index (χ1) is 12.5. The van der Waals surface area contributed by atoms with E-state index in [-0.39, 0.29) is 10.7 Å². The average Bonchev–Trinajstić information content (AvgIpc) is 2.65. The van der Waals surface area contributed by atoms with Gasteiger partial charge in [0.05, 0.1) is 11.2 Å². The number of aryl methyl sites for hydroxylation is 2. The van der Waals surface area contributed by atoms with Crippen LogP contribution >= 0.6 is 23.4 Å². The van der Waals surface area contributed by atoms with Gasteiger partial charge in [0, 0.05) is 5.75 Å². The molecule has 0 spiro atoms. The summed E-state index contributed by atoms with van der Waals surface area (Å²) in [5, 5.41) is 0.646. The number of ether oxygens (including phenoxy) is 1. The van der Waals surface area contributed by atoms with Crippen molar-refractivity contribution in [3.63, 3.8) is 0 Å². The number of carbonyl (C=O) groups is 1. The second kappa shape index (κ2) is 8.34. The number of hydrogen-bond donors (Lipinski definition) is 0. The van der Waals surface area contributed by atoms with Gasteiger partial charge in [0.15, 0.2) is 10.9 Å². The maximum absolute atomic E-state index is 12.5. The number of nitrogens with zero attached hydrogens (tertiary/aromatic N) is 2. The van der Waals surface area contributed by atoms with Crippen LogP contribution in [0, 0.1) is 13.8 Å². The van der Waals surface area contributed by atoms with Crippen molar-refractivity contribution in [3.8, 4) is 5.75 Å². The van der Waals surface area contributed by atoms with Crippen LogP contribution in [0.15, 0.2) is 59.9 Å². The molecular weight excluding hydrogens is 368 g/mol. The lowest BCUT2D eigenvalue weighted by Crippen LogP contribution is -2.12. The number of aromatic nitrogens is 2. The Hall–Kier alpha value is -2.37. The number of rotatable bonds is 5. The maximum atomic E-state index is 12.5. The van der Waals surface area contributed by atoms with Crippen molar-refractivity contribution in [2.75, 3.05) is 0 Å². The molecule has 0 aliphatic rings. The SMILES string of the molecule is Cc1ccc(OC(=O)c2nc(SCc3ccccc3)ncc2Cl)cc1C. The van der Waals surface area contributed by atoms with Gasteiger partial charge in [0.1, 0.15) is 5.75 Å². The fraction of sp³-hybridized carbons (Fsp3) is 0.150. The van der Waals surface area contributed by atoms with Crippen molar-refractivity contribution < 1.29 is 9.53 Å². The highest BCUT2D eigenvalue weighted by Gasteiger charge is 2.17. The van der Waals surface area contributed by atoms with Gasteiger partial charge in [-0.25, -0.2) is 14.8 Å². The van der Waals surface area contributed by atoms with E-state index in [2.05, 4.69) is 9.97 Å². The Bertz CT molecular complexity index is 932. The number of esters is 1. The summed E-state index contributed by atoms with van der Waals surface area (Å²) in [5.41, 5.74) is 3.39. The minimum absolute atomic E-state index is 0.0652. The van der Waals surface area contributed by atoms with E-state index in [1.54, 1.807) is 6.07 Å². The molecule has 132 valence electrons. The first kappa shape index (κ1) is 18.4. The minimum atomic E-state index is -0.595. The molecule has 1 heterocycles. The minimum Gasteiger partial charge on any atom is -0.422 e. The van der Waals surface area contributed by atoms with Gasteiger partial charge in [-0.15, -0.1) is 0 Å². The third kappa shape index (κ3) is 4.62. The van der Waals surface area contributed by atoms with Gasteiger partial charge < -0.3 is 4.74 Å². The molecular formula is C20H17ClN2O2S. The van der Waals surface area contributed by atoms with Crippen molar-refractivity contribution in [1.82, 2.24) is 9.97 Å². The molecule has 0 unspecified atom stereocenters. The normalized spacial score (nSPS) is 10.6. The van der Waals surface area contributed by atoms with Gasteiger partial charge >= 0.3 is 5.97 Å². The number of benzene rings is 2. The molecule has 3 rings (SSSR count). The predicted molar refractivity (Wildman–Crippen MR) is 104 cm³/mol. The van der Waals surface area contributed by atoms with E-state index in [1.807, 2.05) is 56.3 Å². The number of thioether (sulfide) groups is 1. The highest BCUT2D eigenvalue weighted by molar-refractivity contribution is 7.98. The summed E-state index contributed by atoms with van der Waals surface area (Å²) in [6.07, 6.45) is 1.43. The van der Waals surface area contributed by atoms with Gasteiger partial charge in [-0.2, -0.15) is 0 Å². The van der Waals surface area contributed by atoms with Gasteiger partial charge in [0.2, 0.25) is 0 Å². The molecule has 0 N–H and O–H groups in total. The molecule has 1 aromatic heterocycles. The molecule has 0 radical (unpaired) electrons. The van der Waals surface area contributed by atoms with E-state index in [4.69, 9.17) is 16.3 Å². The van der Waals surface area contributed by atoms with E-state index < -0.39 is 5.97 Å². The summed E-state index contributed by atoms with van der Waals surface area (Å²) in [7, 11) is 0. The Kier molecular flexibility index (Phi) is 5.91. The van der Waals surface area contributed by atoms with Crippen LogP contribution in [0.3, 0.4) is 0 Å². The topological polar surface area (TPSA) is 52.1 Å². The maximum Gasteiger partial charge on any atom is 0.364 e. The molecule has 0 atom stereocenters. The second-order valence-electron chi connectivity index (χ2n) is 5.76. The van der Waals surface area contributed by atoms with Crippen LogP contribution in [-0.2, 0) is 5.75 Å². The average molecular weight is 385 g/mol. The molecule has 26 heavy (non-hydrogen) atoms. The largest absolute Gasteiger partial charge is 0.422 e. The van der Waals surface area contributed by atoms with Gasteiger partial charge in [0.25, 0.3) is 0 Å². The van der Waals surface area contributed by atoms with E-state index in [9.17, 15) is 4.79 Å². The smallest absolute Gasteiger partial charge is 0.364 e. The monoisotopic (exact) mass is 384 g/mol. The first-order valence-electron chi connectivity index (χ1n) is 8.01. The van der Waals surface area contributed by atoms with Crippen LogP contribution < -0.4 is 4.74 Å². The summed E-state index contributed by atoms with van der Waals surface area (Å²) < 4.78 is 5.41. The van der Waals surface area contributed by atoms with Crippen molar-refractivity contribution in [3.05, 3.63) is 82.1 Å². The third-order valence-electron chi connectivity index (χ3n) is 3.82.